The summed E-state index contributed by atoms with van der Waals surface area (Å²) in [6, 6.07) is 8.81. The van der Waals surface area contributed by atoms with Crippen LogP contribution in [0.1, 0.15) is 121 Å². The van der Waals surface area contributed by atoms with Gasteiger partial charge in [-0.1, -0.05) is 79.7 Å². The van der Waals surface area contributed by atoms with E-state index >= 15 is 0 Å². The van der Waals surface area contributed by atoms with Crippen LogP contribution in [-0.4, -0.2) is 58.2 Å². The smallest absolute Gasteiger partial charge is 0.271 e. The molecule has 49 heavy (non-hydrogen) atoms. The molecule has 11 heteroatoms. The molecule has 0 aliphatic rings. The zero-order valence-corrected chi connectivity index (χ0v) is 31.0. The average molecular weight is 679 g/mol. The Morgan fingerprint density at radius 2 is 1.59 bits per heavy atom. The average Bonchev–Trinajstić information content (AvgIpc) is 3.09. The van der Waals surface area contributed by atoms with E-state index in [-0.39, 0.29) is 65.1 Å². The largest absolute Gasteiger partial charge is 0.493 e. The van der Waals surface area contributed by atoms with E-state index in [1.165, 1.54) is 4.57 Å². The van der Waals surface area contributed by atoms with Crippen molar-refractivity contribution < 1.29 is 9.90 Å². The maximum Gasteiger partial charge on any atom is 0.271 e. The number of rotatable bonds is 22. The topological polar surface area (TPSA) is 175 Å². The van der Waals surface area contributed by atoms with Gasteiger partial charge in [-0.25, -0.2) is 0 Å². The third kappa shape index (κ3) is 11.8. The highest BCUT2D eigenvalue weighted by atomic mass is 16.3. The second kappa shape index (κ2) is 21.5. The van der Waals surface area contributed by atoms with E-state index in [4.69, 9.17) is 11.5 Å². The number of pyridine rings is 1. The van der Waals surface area contributed by atoms with Crippen molar-refractivity contribution in [3.63, 3.8) is 0 Å². The molecular weight excluding hydrogens is 616 g/mol. The Bertz CT molecular complexity index is 1430. The second-order valence-electron chi connectivity index (χ2n) is 13.3. The van der Waals surface area contributed by atoms with Gasteiger partial charge < -0.3 is 26.8 Å². The molecule has 0 saturated heterocycles. The van der Waals surface area contributed by atoms with Gasteiger partial charge in [0.1, 0.15) is 11.6 Å². The minimum absolute atomic E-state index is 0.00737. The first-order chi connectivity index (χ1) is 23.5. The Kier molecular flexibility index (Phi) is 18.2. The van der Waals surface area contributed by atoms with Crippen molar-refractivity contribution in [2.24, 2.45) is 33.5 Å². The van der Waals surface area contributed by atoms with Gasteiger partial charge in [0.15, 0.2) is 5.69 Å². The van der Waals surface area contributed by atoms with Gasteiger partial charge in [0.25, 0.3) is 11.5 Å². The SMILES string of the molecule is CCCCNC(CC)Cn1c(O)c(/N=N\c2cccc(C(=O)N(CC(CC)C(N)CCC)CC(CC)C(N)CCC)c2)c(C)c(C#N)c1=O. The Morgan fingerprint density at radius 1 is 0.980 bits per heavy atom. The number of nitriles is 1. The Morgan fingerprint density at radius 3 is 2.10 bits per heavy atom. The molecule has 6 N–H and O–H groups in total. The molecule has 11 nitrogen and oxygen atoms in total. The number of nitrogens with two attached hydrogens (primary N) is 2. The second-order valence-corrected chi connectivity index (χ2v) is 13.3. The fourth-order valence-electron chi connectivity index (χ4n) is 6.34. The Hall–Kier alpha value is -3.59. The monoisotopic (exact) mass is 678 g/mol. The van der Waals surface area contributed by atoms with Crippen LogP contribution in [0.15, 0.2) is 39.3 Å². The van der Waals surface area contributed by atoms with Crippen LogP contribution in [0.2, 0.25) is 0 Å². The van der Waals surface area contributed by atoms with E-state index in [1.54, 1.807) is 31.2 Å². The minimum Gasteiger partial charge on any atom is -0.493 e. The lowest BCUT2D eigenvalue weighted by molar-refractivity contribution is 0.0670. The molecule has 2 aromatic rings. The van der Waals surface area contributed by atoms with Gasteiger partial charge in [-0.05, 0) is 69.2 Å². The predicted molar refractivity (Wildman–Crippen MR) is 199 cm³/mol. The molecule has 0 bridgehead atoms. The van der Waals surface area contributed by atoms with Gasteiger partial charge >= 0.3 is 0 Å². The fourth-order valence-corrected chi connectivity index (χ4v) is 6.34. The molecule has 0 aliphatic heterocycles. The molecule has 1 aromatic carbocycles. The normalized spacial score (nSPS) is 14.7. The number of nitrogens with one attached hydrogen (secondary N) is 1. The number of azo groups is 1. The summed E-state index contributed by atoms with van der Waals surface area (Å²) in [6.07, 6.45) is 8.23. The summed E-state index contributed by atoms with van der Waals surface area (Å²) in [5.41, 5.74) is 13.7. The molecule has 5 atom stereocenters. The zero-order chi connectivity index (χ0) is 36.5. The van der Waals surface area contributed by atoms with Crippen LogP contribution in [0.5, 0.6) is 5.88 Å². The highest BCUT2D eigenvalue weighted by Crippen LogP contribution is 2.33. The van der Waals surface area contributed by atoms with E-state index in [0.29, 0.717) is 24.3 Å². The molecular formula is C38H62N8O3. The van der Waals surface area contributed by atoms with E-state index in [2.05, 4.69) is 50.2 Å². The van der Waals surface area contributed by atoms with Crippen LogP contribution in [0.3, 0.4) is 0 Å². The quantitative estimate of drug-likeness (QED) is 0.0761. The van der Waals surface area contributed by atoms with Crippen molar-refractivity contribution in [2.45, 2.75) is 131 Å². The van der Waals surface area contributed by atoms with Gasteiger partial charge in [0.05, 0.1) is 5.69 Å². The molecule has 1 amide bonds. The summed E-state index contributed by atoms with van der Waals surface area (Å²) in [5.74, 6) is -0.169. The number of carbonyl (C=O) groups is 1. The molecule has 0 aliphatic carbocycles. The number of carbonyl (C=O) groups excluding carboxylic acids is 1. The summed E-state index contributed by atoms with van der Waals surface area (Å²) < 4.78 is 1.20. The number of aromatic hydroxyl groups is 1. The van der Waals surface area contributed by atoms with Crippen LogP contribution in [0.25, 0.3) is 0 Å². The number of amides is 1. The number of hydrogen-bond donors (Lipinski definition) is 4. The van der Waals surface area contributed by atoms with E-state index in [9.17, 15) is 20.0 Å². The molecule has 0 saturated carbocycles. The lowest BCUT2D eigenvalue weighted by Gasteiger charge is -2.34. The number of benzene rings is 1. The highest BCUT2D eigenvalue weighted by Gasteiger charge is 2.28. The molecule has 1 aromatic heterocycles. The maximum absolute atomic E-state index is 14.2. The summed E-state index contributed by atoms with van der Waals surface area (Å²) in [7, 11) is 0. The van der Waals surface area contributed by atoms with Gasteiger partial charge in [-0.15, -0.1) is 5.11 Å². The maximum atomic E-state index is 14.2. The van der Waals surface area contributed by atoms with Gasteiger partial charge in [0, 0.05) is 48.9 Å². The summed E-state index contributed by atoms with van der Waals surface area (Å²) >= 11 is 0. The Labute approximate surface area is 294 Å². The van der Waals surface area contributed by atoms with Crippen molar-refractivity contribution in [3.05, 3.63) is 51.3 Å². The molecule has 272 valence electrons. The summed E-state index contributed by atoms with van der Waals surface area (Å²) in [5, 5.41) is 33.2. The minimum atomic E-state index is -0.562. The lowest BCUT2D eigenvalue weighted by Crippen LogP contribution is -2.46. The third-order valence-corrected chi connectivity index (χ3v) is 9.69. The van der Waals surface area contributed by atoms with Crippen LogP contribution in [-0.2, 0) is 6.54 Å². The molecule has 0 radical (unpaired) electrons. The van der Waals surface area contributed by atoms with E-state index in [0.717, 1.165) is 64.3 Å². The molecule has 1 heterocycles. The van der Waals surface area contributed by atoms with Gasteiger partial charge in [-0.2, -0.15) is 10.4 Å². The van der Waals surface area contributed by atoms with Crippen LogP contribution in [0, 0.1) is 30.1 Å². The number of hydrogen-bond acceptors (Lipinski definition) is 9. The van der Waals surface area contributed by atoms with Crippen molar-refractivity contribution in [1.29, 1.82) is 5.26 Å². The predicted octanol–water partition coefficient (Wildman–Crippen LogP) is 7.07. The number of aromatic nitrogens is 1. The molecule has 2 rings (SSSR count). The Balaban J connectivity index is 2.50. The molecule has 5 unspecified atom stereocenters. The zero-order valence-electron chi connectivity index (χ0n) is 31.0. The van der Waals surface area contributed by atoms with E-state index in [1.807, 2.05) is 17.9 Å². The van der Waals surface area contributed by atoms with Crippen LogP contribution >= 0.6 is 0 Å². The van der Waals surface area contributed by atoms with Crippen molar-refractivity contribution in [1.82, 2.24) is 14.8 Å². The van der Waals surface area contributed by atoms with Gasteiger partial charge in [0.2, 0.25) is 5.88 Å². The highest BCUT2D eigenvalue weighted by molar-refractivity contribution is 5.95. The lowest BCUT2D eigenvalue weighted by atomic mass is 9.90. The van der Waals surface area contributed by atoms with E-state index < -0.39 is 5.56 Å². The summed E-state index contributed by atoms with van der Waals surface area (Å²) in [4.78, 5) is 29.3. The number of unbranched alkanes of at least 4 members (excludes halogenated alkanes) is 1. The first kappa shape index (κ1) is 41.6. The van der Waals surface area contributed by atoms with Crippen LogP contribution in [0.4, 0.5) is 11.4 Å². The van der Waals surface area contributed by atoms with Crippen molar-refractivity contribution in [3.8, 4) is 11.9 Å². The third-order valence-electron chi connectivity index (χ3n) is 9.69. The first-order valence-electron chi connectivity index (χ1n) is 18.4. The molecule has 0 fully saturated rings. The van der Waals surface area contributed by atoms with Gasteiger partial charge in [-0.3, -0.25) is 14.2 Å². The van der Waals surface area contributed by atoms with Crippen molar-refractivity contribution >= 4 is 17.3 Å². The summed E-state index contributed by atoms with van der Waals surface area (Å²) in [6.45, 7) is 16.2. The first-order valence-corrected chi connectivity index (χ1v) is 18.4. The van der Waals surface area contributed by atoms with Crippen LogP contribution < -0.4 is 22.3 Å². The van der Waals surface area contributed by atoms with Crippen molar-refractivity contribution in [2.75, 3.05) is 19.6 Å². The fraction of sp³-hybridized carbons (Fsp3) is 0.658. The number of nitrogens with zero attached hydrogens (tertiary/aromatic N) is 5. The molecule has 0 spiro atoms. The standard InChI is InChI=1S/C38H62N8O3/c1-8-14-20-42-30(13-6)25-46-37(48)32(22-39)26(7)35(38(46)49)44-43-31-19-15-18-29(21-31)36(47)45(23-27(11-4)33(40)16-9-2)24-28(12-5)34(41)17-10-3/h15,18-19,21,27-28,30,33-34,42,49H,8-14,16-17,20,23-25,40-41H2,1-7H3/b44-43-.